The van der Waals surface area contributed by atoms with Gasteiger partial charge in [0.1, 0.15) is 11.5 Å². The van der Waals surface area contributed by atoms with E-state index in [1.807, 2.05) is 52.0 Å². The highest BCUT2D eigenvalue weighted by Crippen LogP contribution is 2.27. The zero-order valence-electron chi connectivity index (χ0n) is 26.7. The Balaban J connectivity index is 1.44. The number of benzene rings is 2. The lowest BCUT2D eigenvalue weighted by Gasteiger charge is -2.11. The zero-order chi connectivity index (χ0) is 30.7. The molecule has 0 spiro atoms. The molecule has 0 atom stereocenters. The number of unbranched alkanes of at least 4 members (excludes halogenated alkanes) is 9. The van der Waals surface area contributed by atoms with Gasteiger partial charge in [0.15, 0.2) is 0 Å². The van der Waals surface area contributed by atoms with Crippen molar-refractivity contribution in [2.45, 2.75) is 130 Å². The molecule has 2 aromatic rings. The van der Waals surface area contributed by atoms with Gasteiger partial charge in [0, 0.05) is 13.1 Å². The van der Waals surface area contributed by atoms with Crippen molar-refractivity contribution in [3.63, 3.8) is 0 Å². The van der Waals surface area contributed by atoms with Crippen LogP contribution in [0.2, 0.25) is 0 Å². The Hall–Kier alpha value is -3.02. The molecule has 0 saturated carbocycles. The van der Waals surface area contributed by atoms with Crippen molar-refractivity contribution in [2.75, 3.05) is 13.1 Å². The standard InChI is InChI=1S/C36H56N2O4/c1-5-29-21-27(22-30(6-2)35(29)41)25-33(39)37-19-17-15-13-11-9-10-12-14-16-18-20-38-34(40)26-28-23-31(7-3)36(42)32(8-4)24-28/h21-24,41-42H,5-20,25-26H2,1-4H3,(H,37,39)(H,38,40). The first kappa shape index (κ1) is 35.2. The number of carbonyl (C=O) groups is 2. The van der Waals surface area contributed by atoms with Crippen LogP contribution in [0.4, 0.5) is 0 Å². The average Bonchev–Trinajstić information content (AvgIpc) is 2.98. The lowest BCUT2D eigenvalue weighted by atomic mass is 9.99. The van der Waals surface area contributed by atoms with Gasteiger partial charge in [0.2, 0.25) is 11.8 Å². The van der Waals surface area contributed by atoms with Gasteiger partial charge in [-0.05, 0) is 71.9 Å². The molecule has 4 N–H and O–H groups in total. The van der Waals surface area contributed by atoms with E-state index in [-0.39, 0.29) is 11.8 Å². The molecule has 42 heavy (non-hydrogen) atoms. The van der Waals surface area contributed by atoms with Crippen LogP contribution in [0.1, 0.15) is 125 Å². The number of aryl methyl sites for hydroxylation is 4. The summed E-state index contributed by atoms with van der Waals surface area (Å²) in [5, 5.41) is 26.6. The summed E-state index contributed by atoms with van der Waals surface area (Å²) >= 11 is 0. The molecule has 2 amide bonds. The second-order valence-corrected chi connectivity index (χ2v) is 11.5. The normalized spacial score (nSPS) is 11.0. The van der Waals surface area contributed by atoms with E-state index in [9.17, 15) is 19.8 Å². The summed E-state index contributed by atoms with van der Waals surface area (Å²) in [5.74, 6) is 0.865. The van der Waals surface area contributed by atoms with Crippen LogP contribution in [0.3, 0.4) is 0 Å². The number of aromatic hydroxyl groups is 2. The smallest absolute Gasteiger partial charge is 0.224 e. The summed E-state index contributed by atoms with van der Waals surface area (Å²) in [6, 6.07) is 7.82. The number of phenolic OH excluding ortho intramolecular Hbond substituents is 2. The van der Waals surface area contributed by atoms with Crippen LogP contribution in [-0.2, 0) is 48.1 Å². The number of carbonyl (C=O) groups excluding carboxylic acids is 2. The van der Waals surface area contributed by atoms with Gasteiger partial charge in [0.25, 0.3) is 0 Å². The van der Waals surface area contributed by atoms with E-state index in [0.29, 0.717) is 24.3 Å². The lowest BCUT2D eigenvalue weighted by Crippen LogP contribution is -2.26. The minimum atomic E-state index is 0.0535. The molecule has 0 bridgehead atoms. The number of amides is 2. The minimum Gasteiger partial charge on any atom is -0.507 e. The van der Waals surface area contributed by atoms with Gasteiger partial charge in [-0.3, -0.25) is 9.59 Å². The fourth-order valence-corrected chi connectivity index (χ4v) is 5.56. The van der Waals surface area contributed by atoms with Crippen molar-refractivity contribution in [1.29, 1.82) is 0 Å². The quantitative estimate of drug-likeness (QED) is 0.117. The molecule has 2 aromatic carbocycles. The molecule has 0 aromatic heterocycles. The van der Waals surface area contributed by atoms with Gasteiger partial charge in [-0.1, -0.05) is 103 Å². The van der Waals surface area contributed by atoms with E-state index in [1.165, 1.54) is 38.5 Å². The highest BCUT2D eigenvalue weighted by Gasteiger charge is 2.12. The molecule has 234 valence electrons. The van der Waals surface area contributed by atoms with Crippen LogP contribution in [0.15, 0.2) is 24.3 Å². The van der Waals surface area contributed by atoms with Crippen molar-refractivity contribution in [3.05, 3.63) is 57.6 Å². The summed E-state index contributed by atoms with van der Waals surface area (Å²) in [7, 11) is 0. The molecule has 0 radical (unpaired) electrons. The number of phenols is 2. The van der Waals surface area contributed by atoms with Gasteiger partial charge in [0.05, 0.1) is 12.8 Å². The highest BCUT2D eigenvalue weighted by atomic mass is 16.3. The molecule has 2 rings (SSSR count). The van der Waals surface area contributed by atoms with E-state index >= 15 is 0 Å². The number of rotatable bonds is 21. The summed E-state index contributed by atoms with van der Waals surface area (Å²) in [5.41, 5.74) is 5.62. The molecule has 0 aliphatic rings. The van der Waals surface area contributed by atoms with Crippen molar-refractivity contribution >= 4 is 11.8 Å². The molecule has 0 aliphatic heterocycles. The van der Waals surface area contributed by atoms with E-state index < -0.39 is 0 Å². The van der Waals surface area contributed by atoms with Crippen LogP contribution in [0, 0.1) is 0 Å². The maximum absolute atomic E-state index is 12.4. The van der Waals surface area contributed by atoms with Crippen molar-refractivity contribution in [1.82, 2.24) is 10.6 Å². The van der Waals surface area contributed by atoms with Gasteiger partial charge in [-0.15, -0.1) is 0 Å². The van der Waals surface area contributed by atoms with Crippen molar-refractivity contribution in [2.24, 2.45) is 0 Å². The van der Waals surface area contributed by atoms with Gasteiger partial charge < -0.3 is 20.8 Å². The number of hydrogen-bond donors (Lipinski definition) is 4. The molecule has 0 aliphatic carbocycles. The predicted molar refractivity (Wildman–Crippen MR) is 173 cm³/mol. The van der Waals surface area contributed by atoms with Gasteiger partial charge in [-0.2, -0.15) is 0 Å². The first-order valence-corrected chi connectivity index (χ1v) is 16.5. The van der Waals surface area contributed by atoms with E-state index in [0.717, 1.165) is 97.8 Å². The van der Waals surface area contributed by atoms with Crippen LogP contribution in [-0.4, -0.2) is 35.1 Å². The van der Waals surface area contributed by atoms with Gasteiger partial charge >= 0.3 is 0 Å². The molecule has 0 fully saturated rings. The Morgan fingerprint density at radius 2 is 0.762 bits per heavy atom. The third-order valence-corrected chi connectivity index (χ3v) is 8.16. The summed E-state index contributed by atoms with van der Waals surface area (Å²) in [6.45, 7) is 9.54. The SMILES string of the molecule is CCc1cc(CC(=O)NCCCCCCCCCCCCNC(=O)Cc2cc(CC)c(O)c(CC)c2)cc(CC)c1O. The highest BCUT2D eigenvalue weighted by molar-refractivity contribution is 5.79. The molecule has 6 nitrogen and oxygen atoms in total. The molecule has 0 heterocycles. The van der Waals surface area contributed by atoms with Crippen LogP contribution in [0.25, 0.3) is 0 Å². The Labute approximate surface area is 254 Å². The Kier molecular flexibility index (Phi) is 16.7. The molecule has 0 saturated heterocycles. The third kappa shape index (κ3) is 12.5. The van der Waals surface area contributed by atoms with Crippen LogP contribution >= 0.6 is 0 Å². The monoisotopic (exact) mass is 580 g/mol. The van der Waals surface area contributed by atoms with Crippen molar-refractivity contribution < 1.29 is 19.8 Å². The van der Waals surface area contributed by atoms with E-state index in [4.69, 9.17) is 0 Å². The fraction of sp³-hybridized carbons (Fsp3) is 0.611. The minimum absolute atomic E-state index is 0.0535. The summed E-state index contributed by atoms with van der Waals surface area (Å²) < 4.78 is 0. The Bertz CT molecular complexity index is 974. The topological polar surface area (TPSA) is 98.7 Å². The summed E-state index contributed by atoms with van der Waals surface area (Å²) in [4.78, 5) is 24.7. The largest absolute Gasteiger partial charge is 0.507 e. The average molecular weight is 581 g/mol. The second kappa shape index (κ2) is 20.0. The maximum atomic E-state index is 12.4. The molecular formula is C36H56N2O4. The van der Waals surface area contributed by atoms with Crippen molar-refractivity contribution in [3.8, 4) is 11.5 Å². The number of hydrogen-bond acceptors (Lipinski definition) is 4. The van der Waals surface area contributed by atoms with Gasteiger partial charge in [-0.25, -0.2) is 0 Å². The second-order valence-electron chi connectivity index (χ2n) is 11.5. The molecular weight excluding hydrogens is 524 g/mol. The Morgan fingerprint density at radius 3 is 1.02 bits per heavy atom. The molecule has 0 unspecified atom stereocenters. The fourth-order valence-electron chi connectivity index (χ4n) is 5.56. The first-order chi connectivity index (χ1) is 20.3. The predicted octanol–water partition coefficient (Wildman–Crippen LogP) is 7.27. The number of nitrogens with one attached hydrogen (secondary N) is 2. The molecule has 6 heteroatoms. The third-order valence-electron chi connectivity index (χ3n) is 8.16. The van der Waals surface area contributed by atoms with E-state index in [2.05, 4.69) is 10.6 Å². The summed E-state index contributed by atoms with van der Waals surface area (Å²) in [6.07, 6.45) is 15.5. The first-order valence-electron chi connectivity index (χ1n) is 16.5. The maximum Gasteiger partial charge on any atom is 0.224 e. The van der Waals surface area contributed by atoms with E-state index in [1.54, 1.807) is 0 Å². The Morgan fingerprint density at radius 1 is 0.500 bits per heavy atom. The van der Waals surface area contributed by atoms with Crippen LogP contribution < -0.4 is 10.6 Å². The zero-order valence-corrected chi connectivity index (χ0v) is 26.7. The lowest BCUT2D eigenvalue weighted by molar-refractivity contribution is -0.121. The van der Waals surface area contributed by atoms with Crippen LogP contribution in [0.5, 0.6) is 11.5 Å².